The van der Waals surface area contributed by atoms with Gasteiger partial charge >= 0.3 is 6.03 Å². The van der Waals surface area contributed by atoms with Crippen LogP contribution in [0.25, 0.3) is 0 Å². The van der Waals surface area contributed by atoms with Gasteiger partial charge in [-0.1, -0.05) is 24.3 Å². The molecule has 2 aromatic rings. The smallest absolute Gasteiger partial charge is 0.319 e. The van der Waals surface area contributed by atoms with Gasteiger partial charge in [-0.2, -0.15) is 0 Å². The average molecular weight is 326 g/mol. The Kier molecular flexibility index (Phi) is 4.34. The van der Waals surface area contributed by atoms with Crippen LogP contribution in [0.3, 0.4) is 0 Å². The predicted octanol–water partition coefficient (Wildman–Crippen LogP) is 4.12. The van der Waals surface area contributed by atoms with E-state index in [2.05, 4.69) is 10.6 Å². The first-order valence-corrected chi connectivity index (χ1v) is 7.96. The normalized spacial score (nSPS) is 18.0. The molecule has 0 saturated heterocycles. The molecule has 0 aromatic heterocycles. The van der Waals surface area contributed by atoms with E-state index < -0.39 is 0 Å². The third-order valence-electron chi connectivity index (χ3n) is 4.01. The van der Waals surface area contributed by atoms with Crippen LogP contribution in [0, 0.1) is 0 Å². The molecule has 2 amide bonds. The van der Waals surface area contributed by atoms with E-state index in [1.54, 1.807) is 13.2 Å². The molecule has 0 radical (unpaired) electrons. The topological polar surface area (TPSA) is 59.6 Å². The molecule has 0 unspecified atom stereocenters. The van der Waals surface area contributed by atoms with Gasteiger partial charge in [0.05, 0.1) is 13.2 Å². The van der Waals surface area contributed by atoms with Crippen LogP contribution in [-0.2, 0) is 0 Å². The van der Waals surface area contributed by atoms with Crippen molar-refractivity contribution in [1.82, 2.24) is 5.32 Å². The van der Waals surface area contributed by atoms with Gasteiger partial charge in [-0.15, -0.1) is 0 Å². The van der Waals surface area contributed by atoms with Crippen LogP contribution < -0.4 is 20.1 Å². The number of ether oxygens (including phenoxy) is 2. The lowest BCUT2D eigenvalue weighted by atomic mass is 9.90. The van der Waals surface area contributed by atoms with Crippen LogP contribution in [0.5, 0.6) is 11.5 Å². The summed E-state index contributed by atoms with van der Waals surface area (Å²) in [6, 6.07) is 14.7. The lowest BCUT2D eigenvalue weighted by Crippen LogP contribution is -2.42. The molecular formula is C19H22N2O3. The summed E-state index contributed by atoms with van der Waals surface area (Å²) in [5.41, 5.74) is 1.35. The molecule has 1 heterocycles. The molecule has 24 heavy (non-hydrogen) atoms. The van der Waals surface area contributed by atoms with Crippen LogP contribution in [-0.4, -0.2) is 18.7 Å². The highest BCUT2D eigenvalue weighted by Crippen LogP contribution is 2.39. The molecule has 0 fully saturated rings. The highest BCUT2D eigenvalue weighted by Gasteiger charge is 2.34. The Balaban J connectivity index is 1.74. The van der Waals surface area contributed by atoms with Gasteiger partial charge in [-0.25, -0.2) is 4.79 Å². The first-order chi connectivity index (χ1) is 11.5. The first kappa shape index (κ1) is 16.2. The second kappa shape index (κ2) is 6.43. The summed E-state index contributed by atoms with van der Waals surface area (Å²) in [5.74, 6) is 1.52. The van der Waals surface area contributed by atoms with E-state index in [1.165, 1.54) is 0 Å². The van der Waals surface area contributed by atoms with Crippen molar-refractivity contribution in [3.05, 3.63) is 54.1 Å². The number of carbonyl (C=O) groups is 1. The largest absolute Gasteiger partial charge is 0.497 e. The van der Waals surface area contributed by atoms with Crippen LogP contribution in [0.4, 0.5) is 10.5 Å². The maximum atomic E-state index is 12.4. The molecule has 1 aliphatic rings. The van der Waals surface area contributed by atoms with Crippen LogP contribution in [0.1, 0.15) is 31.9 Å². The number of rotatable bonds is 3. The first-order valence-electron chi connectivity index (χ1n) is 7.96. The van der Waals surface area contributed by atoms with E-state index in [-0.39, 0.29) is 17.7 Å². The van der Waals surface area contributed by atoms with Crippen molar-refractivity contribution in [2.45, 2.75) is 31.9 Å². The van der Waals surface area contributed by atoms with Gasteiger partial charge in [0, 0.05) is 23.7 Å². The summed E-state index contributed by atoms with van der Waals surface area (Å²) in [5, 5.41) is 5.90. The maximum absolute atomic E-state index is 12.4. The Labute approximate surface area is 142 Å². The molecule has 0 bridgehead atoms. The van der Waals surface area contributed by atoms with Gasteiger partial charge in [0.2, 0.25) is 0 Å². The van der Waals surface area contributed by atoms with Gasteiger partial charge in [-0.3, -0.25) is 0 Å². The van der Waals surface area contributed by atoms with E-state index >= 15 is 0 Å². The predicted molar refractivity (Wildman–Crippen MR) is 93.7 cm³/mol. The molecule has 2 aromatic carbocycles. The average Bonchev–Trinajstić information content (AvgIpc) is 2.54. The SMILES string of the molecule is COc1cccc(NC(=O)N[C@@H]2CC(C)(C)Oc3ccccc32)c1. The van der Waals surface area contributed by atoms with E-state index in [9.17, 15) is 4.79 Å². The summed E-state index contributed by atoms with van der Waals surface area (Å²) in [7, 11) is 1.60. The summed E-state index contributed by atoms with van der Waals surface area (Å²) in [6.07, 6.45) is 0.704. The molecular weight excluding hydrogens is 304 g/mol. The monoisotopic (exact) mass is 326 g/mol. The van der Waals surface area contributed by atoms with Crippen LogP contribution in [0.2, 0.25) is 0 Å². The van der Waals surface area contributed by atoms with Crippen molar-refractivity contribution in [3.63, 3.8) is 0 Å². The van der Waals surface area contributed by atoms with Crippen molar-refractivity contribution >= 4 is 11.7 Å². The fraction of sp³-hybridized carbons (Fsp3) is 0.316. The molecule has 0 aliphatic carbocycles. The number of amides is 2. The molecule has 126 valence electrons. The molecule has 1 atom stereocenters. The zero-order valence-corrected chi connectivity index (χ0v) is 14.1. The summed E-state index contributed by atoms with van der Waals surface area (Å²) in [4.78, 5) is 12.4. The number of anilines is 1. The fourth-order valence-electron chi connectivity index (χ4n) is 2.96. The number of hydrogen-bond acceptors (Lipinski definition) is 3. The van der Waals surface area contributed by atoms with Gasteiger partial charge in [-0.05, 0) is 32.0 Å². The zero-order valence-electron chi connectivity index (χ0n) is 14.1. The molecule has 0 saturated carbocycles. The summed E-state index contributed by atoms with van der Waals surface area (Å²) < 4.78 is 11.2. The van der Waals surface area contributed by atoms with Crippen LogP contribution >= 0.6 is 0 Å². The zero-order chi connectivity index (χ0) is 17.2. The van der Waals surface area contributed by atoms with E-state index in [0.29, 0.717) is 17.9 Å². The molecule has 3 rings (SSSR count). The second-order valence-corrected chi connectivity index (χ2v) is 6.49. The maximum Gasteiger partial charge on any atom is 0.319 e. The number of carbonyl (C=O) groups excluding carboxylic acids is 1. The number of para-hydroxylation sites is 1. The molecule has 0 spiro atoms. The van der Waals surface area contributed by atoms with E-state index in [1.807, 2.05) is 56.3 Å². The minimum atomic E-state index is -0.331. The number of hydrogen-bond donors (Lipinski definition) is 2. The highest BCUT2D eigenvalue weighted by molar-refractivity contribution is 5.89. The number of benzene rings is 2. The van der Waals surface area contributed by atoms with Crippen molar-refractivity contribution in [1.29, 1.82) is 0 Å². The van der Waals surface area contributed by atoms with Gasteiger partial charge < -0.3 is 20.1 Å². The van der Waals surface area contributed by atoms with Gasteiger partial charge in [0.1, 0.15) is 17.1 Å². The Morgan fingerprint density at radius 2 is 2.00 bits per heavy atom. The highest BCUT2D eigenvalue weighted by atomic mass is 16.5. The number of urea groups is 1. The molecule has 2 N–H and O–H groups in total. The molecule has 5 heteroatoms. The number of nitrogens with one attached hydrogen (secondary N) is 2. The quantitative estimate of drug-likeness (QED) is 0.892. The lowest BCUT2D eigenvalue weighted by Gasteiger charge is -2.37. The van der Waals surface area contributed by atoms with E-state index in [0.717, 1.165) is 11.3 Å². The Hall–Kier alpha value is -2.69. The third kappa shape index (κ3) is 3.62. The van der Waals surface area contributed by atoms with E-state index in [4.69, 9.17) is 9.47 Å². The summed E-state index contributed by atoms with van der Waals surface area (Å²) >= 11 is 0. The molecule has 1 aliphatic heterocycles. The standard InChI is InChI=1S/C19H22N2O3/c1-19(2)12-16(15-9-4-5-10-17(15)24-19)21-18(22)20-13-7-6-8-14(11-13)23-3/h4-11,16H,12H2,1-3H3,(H2,20,21,22)/t16-/m1/s1. The minimum Gasteiger partial charge on any atom is -0.497 e. The third-order valence-corrected chi connectivity index (χ3v) is 4.01. The summed E-state index contributed by atoms with van der Waals surface area (Å²) in [6.45, 7) is 4.05. The van der Waals surface area contributed by atoms with Crippen molar-refractivity contribution in [2.75, 3.05) is 12.4 Å². The van der Waals surface area contributed by atoms with Crippen molar-refractivity contribution in [2.24, 2.45) is 0 Å². The Bertz CT molecular complexity index is 743. The Morgan fingerprint density at radius 1 is 1.21 bits per heavy atom. The molecule has 5 nitrogen and oxygen atoms in total. The van der Waals surface area contributed by atoms with Crippen molar-refractivity contribution in [3.8, 4) is 11.5 Å². The second-order valence-electron chi connectivity index (χ2n) is 6.49. The van der Waals surface area contributed by atoms with Gasteiger partial charge in [0.25, 0.3) is 0 Å². The Morgan fingerprint density at radius 3 is 2.79 bits per heavy atom. The van der Waals surface area contributed by atoms with Crippen molar-refractivity contribution < 1.29 is 14.3 Å². The van der Waals surface area contributed by atoms with Gasteiger partial charge in [0.15, 0.2) is 0 Å². The number of methoxy groups -OCH3 is 1. The minimum absolute atomic E-state index is 0.101. The number of fused-ring (bicyclic) bond motifs is 1. The van der Waals surface area contributed by atoms with Crippen LogP contribution in [0.15, 0.2) is 48.5 Å². The lowest BCUT2D eigenvalue weighted by molar-refractivity contribution is 0.0683. The fourth-order valence-corrected chi connectivity index (χ4v) is 2.96.